The highest BCUT2D eigenvalue weighted by Crippen LogP contribution is 2.33. The highest BCUT2D eigenvalue weighted by Gasteiger charge is 2.31. The number of benzene rings is 1. The van der Waals surface area contributed by atoms with Crippen LogP contribution in [0.25, 0.3) is 6.08 Å². The van der Waals surface area contributed by atoms with Crippen LogP contribution >= 0.6 is 24.0 Å². The van der Waals surface area contributed by atoms with Gasteiger partial charge in [-0.05, 0) is 43.0 Å². The molecule has 0 aliphatic carbocycles. The lowest BCUT2D eigenvalue weighted by Gasteiger charge is -2.14. The molecular formula is C17H18NO4S2-. The maximum absolute atomic E-state index is 12.5. The lowest BCUT2D eigenvalue weighted by atomic mass is 10.2. The number of hydrogen-bond donors (Lipinski definition) is 0. The molecule has 1 saturated heterocycles. The summed E-state index contributed by atoms with van der Waals surface area (Å²) in [6, 6.07) is 7.46. The van der Waals surface area contributed by atoms with Gasteiger partial charge in [-0.1, -0.05) is 42.5 Å². The fourth-order valence-electron chi connectivity index (χ4n) is 2.29. The number of amides is 1. The van der Waals surface area contributed by atoms with E-state index in [0.29, 0.717) is 28.6 Å². The molecule has 1 amide bonds. The third kappa shape index (κ3) is 5.07. The van der Waals surface area contributed by atoms with Crippen molar-refractivity contribution in [2.45, 2.75) is 25.7 Å². The van der Waals surface area contributed by atoms with Gasteiger partial charge in [-0.2, -0.15) is 0 Å². The summed E-state index contributed by atoms with van der Waals surface area (Å²) in [5, 5.41) is 10.4. The van der Waals surface area contributed by atoms with Crippen LogP contribution in [0.1, 0.15) is 31.2 Å². The number of carboxylic acid groups (broad SMARTS) is 1. The molecule has 0 N–H and O–H groups in total. The monoisotopic (exact) mass is 364 g/mol. The number of thiocarbonyl (C=S) groups is 1. The summed E-state index contributed by atoms with van der Waals surface area (Å²) < 4.78 is 5.71. The number of hydrogen-bond acceptors (Lipinski definition) is 6. The van der Waals surface area contributed by atoms with E-state index < -0.39 is 5.97 Å². The van der Waals surface area contributed by atoms with E-state index in [-0.39, 0.29) is 12.3 Å². The van der Waals surface area contributed by atoms with E-state index in [9.17, 15) is 14.7 Å². The molecule has 0 spiro atoms. The Hall–Kier alpha value is -1.86. The minimum atomic E-state index is -1.04. The average Bonchev–Trinajstić information content (AvgIpc) is 2.81. The zero-order valence-electron chi connectivity index (χ0n) is 13.3. The van der Waals surface area contributed by atoms with Gasteiger partial charge in [-0.15, -0.1) is 0 Å². The fourth-order valence-corrected chi connectivity index (χ4v) is 3.60. The number of carboxylic acids is 1. The van der Waals surface area contributed by atoms with Gasteiger partial charge in [0.15, 0.2) is 0 Å². The molecule has 1 heterocycles. The van der Waals surface area contributed by atoms with Crippen molar-refractivity contribution in [2.24, 2.45) is 0 Å². The van der Waals surface area contributed by atoms with Crippen LogP contribution < -0.4 is 9.84 Å². The first kappa shape index (κ1) is 18.5. The van der Waals surface area contributed by atoms with Crippen LogP contribution in [0.15, 0.2) is 29.2 Å². The summed E-state index contributed by atoms with van der Waals surface area (Å²) in [7, 11) is 1.60. The van der Waals surface area contributed by atoms with Gasteiger partial charge in [0.2, 0.25) is 0 Å². The first-order valence-electron chi connectivity index (χ1n) is 7.60. The molecule has 1 aliphatic heterocycles. The van der Waals surface area contributed by atoms with Gasteiger partial charge >= 0.3 is 0 Å². The molecule has 0 saturated carbocycles. The van der Waals surface area contributed by atoms with Gasteiger partial charge in [0, 0.05) is 12.5 Å². The van der Waals surface area contributed by atoms with Crippen LogP contribution in [-0.2, 0) is 9.59 Å². The van der Waals surface area contributed by atoms with Crippen molar-refractivity contribution in [3.8, 4) is 5.75 Å². The van der Waals surface area contributed by atoms with Crippen molar-refractivity contribution in [3.05, 3.63) is 34.7 Å². The number of methoxy groups -OCH3 is 1. The van der Waals surface area contributed by atoms with Gasteiger partial charge in [0.1, 0.15) is 10.1 Å². The Morgan fingerprint density at radius 2 is 2.17 bits per heavy atom. The summed E-state index contributed by atoms with van der Waals surface area (Å²) in [4.78, 5) is 25.0. The third-order valence-corrected chi connectivity index (χ3v) is 4.91. The Balaban J connectivity index is 1.95. The molecule has 7 heteroatoms. The maximum Gasteiger partial charge on any atom is 0.266 e. The lowest BCUT2D eigenvalue weighted by molar-refractivity contribution is -0.305. The molecule has 5 nitrogen and oxygen atoms in total. The molecule has 1 aromatic carbocycles. The second-order valence-electron chi connectivity index (χ2n) is 5.29. The number of rotatable bonds is 8. The molecule has 24 heavy (non-hydrogen) atoms. The zero-order chi connectivity index (χ0) is 17.5. The van der Waals surface area contributed by atoms with Gasteiger partial charge in [-0.25, -0.2) is 0 Å². The van der Waals surface area contributed by atoms with E-state index in [0.717, 1.165) is 17.7 Å². The minimum absolute atomic E-state index is 0.0497. The number of aliphatic carboxylic acids is 1. The van der Waals surface area contributed by atoms with Crippen molar-refractivity contribution >= 4 is 46.3 Å². The molecule has 0 bridgehead atoms. The summed E-state index contributed by atoms with van der Waals surface area (Å²) in [6.45, 7) is 0.507. The Kier molecular flexibility index (Phi) is 6.81. The molecule has 0 radical (unpaired) electrons. The molecule has 1 aromatic rings. The van der Waals surface area contributed by atoms with Gasteiger partial charge < -0.3 is 14.6 Å². The Bertz CT molecular complexity index is 672. The van der Waals surface area contributed by atoms with E-state index in [1.54, 1.807) is 18.1 Å². The van der Waals surface area contributed by atoms with Crippen molar-refractivity contribution in [2.75, 3.05) is 13.7 Å². The highest BCUT2D eigenvalue weighted by molar-refractivity contribution is 8.26. The topological polar surface area (TPSA) is 69.7 Å². The number of thioether (sulfide) groups is 1. The molecule has 0 atom stereocenters. The zero-order valence-corrected chi connectivity index (χ0v) is 15.0. The Morgan fingerprint density at radius 3 is 2.88 bits per heavy atom. The number of nitrogens with zero attached hydrogens (tertiary/aromatic N) is 1. The van der Waals surface area contributed by atoms with Crippen LogP contribution in [0.3, 0.4) is 0 Å². The van der Waals surface area contributed by atoms with Gasteiger partial charge in [-0.3, -0.25) is 9.69 Å². The van der Waals surface area contributed by atoms with Crippen LogP contribution in [0.5, 0.6) is 5.75 Å². The highest BCUT2D eigenvalue weighted by atomic mass is 32.2. The predicted octanol–water partition coefficient (Wildman–Crippen LogP) is 2.21. The molecule has 128 valence electrons. The Labute approximate surface area is 150 Å². The van der Waals surface area contributed by atoms with Crippen LogP contribution in [0.2, 0.25) is 0 Å². The molecule has 1 aliphatic rings. The summed E-state index contributed by atoms with van der Waals surface area (Å²) >= 11 is 6.56. The van der Waals surface area contributed by atoms with Crippen molar-refractivity contribution < 1.29 is 19.4 Å². The second-order valence-corrected chi connectivity index (χ2v) is 6.97. The Morgan fingerprint density at radius 1 is 1.38 bits per heavy atom. The average molecular weight is 364 g/mol. The van der Waals surface area contributed by atoms with E-state index in [1.807, 2.05) is 24.3 Å². The van der Waals surface area contributed by atoms with Crippen LogP contribution in [0, 0.1) is 0 Å². The van der Waals surface area contributed by atoms with E-state index >= 15 is 0 Å². The van der Waals surface area contributed by atoms with E-state index in [2.05, 4.69) is 0 Å². The number of unbranched alkanes of at least 4 members (excludes halogenated alkanes) is 2. The summed E-state index contributed by atoms with van der Waals surface area (Å²) in [5.41, 5.74) is 0.879. The molecule has 0 aromatic heterocycles. The summed E-state index contributed by atoms with van der Waals surface area (Å²) in [5.74, 6) is -0.415. The first-order chi connectivity index (χ1) is 11.5. The van der Waals surface area contributed by atoms with Crippen LogP contribution in [-0.4, -0.2) is 34.8 Å². The van der Waals surface area contributed by atoms with Crippen molar-refractivity contribution in [1.29, 1.82) is 0 Å². The lowest BCUT2D eigenvalue weighted by Crippen LogP contribution is -2.29. The second kappa shape index (κ2) is 8.84. The maximum atomic E-state index is 12.5. The SMILES string of the molecule is COc1cccc(/C=C2/SC(=S)N(CCCCCC(=O)[O-])C2=O)c1. The van der Waals surface area contributed by atoms with Crippen LogP contribution in [0.4, 0.5) is 0 Å². The normalized spacial score (nSPS) is 16.0. The molecule has 1 fully saturated rings. The van der Waals surface area contributed by atoms with E-state index in [4.69, 9.17) is 17.0 Å². The number of ether oxygens (including phenoxy) is 1. The third-order valence-electron chi connectivity index (χ3n) is 3.53. The van der Waals surface area contributed by atoms with Crippen molar-refractivity contribution in [3.63, 3.8) is 0 Å². The quantitative estimate of drug-likeness (QED) is 0.400. The standard InChI is InChI=1S/C17H19NO4S2/c1-22-13-7-5-6-12(10-13)11-14-16(21)18(17(23)24-14)9-4-2-3-8-15(19)20/h5-7,10-11H,2-4,8-9H2,1H3,(H,19,20)/p-1/b14-11+. The molecule has 0 unspecified atom stereocenters. The molecule has 2 rings (SSSR count). The largest absolute Gasteiger partial charge is 0.550 e. The van der Waals surface area contributed by atoms with Gasteiger partial charge in [0.05, 0.1) is 12.0 Å². The van der Waals surface area contributed by atoms with Crippen molar-refractivity contribution in [1.82, 2.24) is 4.90 Å². The number of carbonyl (C=O) groups excluding carboxylic acids is 2. The smallest absolute Gasteiger partial charge is 0.266 e. The van der Waals surface area contributed by atoms with Gasteiger partial charge in [0.25, 0.3) is 5.91 Å². The first-order valence-corrected chi connectivity index (χ1v) is 8.83. The fraction of sp³-hybridized carbons (Fsp3) is 0.353. The minimum Gasteiger partial charge on any atom is -0.550 e. The number of carbonyl (C=O) groups is 2. The molecular weight excluding hydrogens is 346 g/mol. The predicted molar refractivity (Wildman–Crippen MR) is 96.3 cm³/mol. The van der Waals surface area contributed by atoms with E-state index in [1.165, 1.54) is 11.8 Å². The summed E-state index contributed by atoms with van der Waals surface area (Å²) in [6.07, 6.45) is 3.84.